The minimum atomic E-state index is -0.0633. The average molecular weight is 683 g/mol. The predicted octanol–water partition coefficient (Wildman–Crippen LogP) is 10.0. The standard InChI is InChI=1S/C47H34N6/c48-31-32-26-28-33(29-27-32)36-18-13-19-37(30-36)45-50-44(34-14-3-1-4-15-34)51-46(52-45)40-22-8-7-20-38(40)39-21-9-11-24-42(39)53-43-25-12-10-23-41(43)49-47(53)35-16-5-2-6-17-35/h1-29,37,41,43H,30H2. The lowest BCUT2D eigenvalue weighted by Crippen LogP contribution is -2.39. The number of amidine groups is 1. The minimum Gasteiger partial charge on any atom is -0.316 e. The Morgan fingerprint density at radius 1 is 0.566 bits per heavy atom. The van der Waals surface area contributed by atoms with Crippen LogP contribution in [-0.2, 0) is 0 Å². The first-order valence-corrected chi connectivity index (χ1v) is 17.9. The Kier molecular flexibility index (Phi) is 8.43. The van der Waals surface area contributed by atoms with Crippen molar-refractivity contribution in [2.24, 2.45) is 4.99 Å². The molecule has 5 aromatic carbocycles. The summed E-state index contributed by atoms with van der Waals surface area (Å²) in [7, 11) is 0. The van der Waals surface area contributed by atoms with Crippen molar-refractivity contribution in [1.29, 1.82) is 5.26 Å². The summed E-state index contributed by atoms with van der Waals surface area (Å²) in [6.45, 7) is 0. The molecule has 53 heavy (non-hydrogen) atoms. The normalized spacial score (nSPS) is 18.6. The largest absolute Gasteiger partial charge is 0.316 e. The van der Waals surface area contributed by atoms with Crippen LogP contribution in [0.5, 0.6) is 0 Å². The van der Waals surface area contributed by atoms with Crippen molar-refractivity contribution in [2.45, 2.75) is 24.4 Å². The van der Waals surface area contributed by atoms with Crippen LogP contribution in [0.3, 0.4) is 0 Å². The van der Waals surface area contributed by atoms with Crippen LogP contribution in [0.2, 0.25) is 0 Å². The van der Waals surface area contributed by atoms with E-state index in [1.165, 1.54) is 5.57 Å². The highest BCUT2D eigenvalue weighted by molar-refractivity contribution is 6.14. The highest BCUT2D eigenvalue weighted by atomic mass is 15.3. The van der Waals surface area contributed by atoms with Gasteiger partial charge in [0.1, 0.15) is 11.7 Å². The molecule has 0 saturated carbocycles. The predicted molar refractivity (Wildman–Crippen MR) is 213 cm³/mol. The molecule has 3 aliphatic rings. The van der Waals surface area contributed by atoms with Crippen LogP contribution in [0.4, 0.5) is 5.69 Å². The van der Waals surface area contributed by atoms with E-state index in [-0.39, 0.29) is 18.0 Å². The number of rotatable bonds is 7. The zero-order valence-electron chi connectivity index (χ0n) is 28.9. The molecule has 0 N–H and O–H groups in total. The van der Waals surface area contributed by atoms with Gasteiger partial charge in [0.05, 0.1) is 29.4 Å². The first kappa shape index (κ1) is 32.0. The van der Waals surface area contributed by atoms with E-state index in [9.17, 15) is 5.26 Å². The number of aromatic nitrogens is 3. The summed E-state index contributed by atoms with van der Waals surface area (Å²) in [5.74, 6) is 2.86. The molecule has 252 valence electrons. The van der Waals surface area contributed by atoms with E-state index in [0.29, 0.717) is 23.0 Å². The van der Waals surface area contributed by atoms with Gasteiger partial charge in [-0.05, 0) is 41.3 Å². The molecule has 0 bridgehead atoms. The fourth-order valence-electron chi connectivity index (χ4n) is 7.41. The zero-order chi connectivity index (χ0) is 35.6. The molecule has 6 nitrogen and oxygen atoms in total. The monoisotopic (exact) mass is 682 g/mol. The second-order valence-corrected chi connectivity index (χ2v) is 13.3. The Balaban J connectivity index is 1.16. The Labute approximate surface area is 309 Å². The Morgan fingerprint density at radius 3 is 2.00 bits per heavy atom. The topological polar surface area (TPSA) is 78.1 Å². The fourth-order valence-corrected chi connectivity index (χ4v) is 7.41. The third-order valence-electron chi connectivity index (χ3n) is 10.0. The molecule has 6 heteroatoms. The summed E-state index contributed by atoms with van der Waals surface area (Å²) in [5.41, 5.74) is 9.02. The summed E-state index contributed by atoms with van der Waals surface area (Å²) >= 11 is 0. The average Bonchev–Trinajstić information content (AvgIpc) is 3.64. The van der Waals surface area contributed by atoms with E-state index >= 15 is 0 Å². The van der Waals surface area contributed by atoms with E-state index in [0.717, 1.165) is 51.3 Å². The van der Waals surface area contributed by atoms with Gasteiger partial charge in [0.25, 0.3) is 0 Å². The maximum atomic E-state index is 9.33. The van der Waals surface area contributed by atoms with Crippen LogP contribution >= 0.6 is 0 Å². The van der Waals surface area contributed by atoms with Crippen molar-refractivity contribution in [1.82, 2.24) is 15.0 Å². The van der Waals surface area contributed by atoms with Gasteiger partial charge in [-0.25, -0.2) is 15.0 Å². The van der Waals surface area contributed by atoms with Crippen LogP contribution in [0, 0.1) is 11.3 Å². The van der Waals surface area contributed by atoms with Crippen LogP contribution in [0.25, 0.3) is 39.5 Å². The Morgan fingerprint density at radius 2 is 1.23 bits per heavy atom. The molecular weight excluding hydrogens is 649 g/mol. The molecule has 1 aromatic heterocycles. The van der Waals surface area contributed by atoms with Gasteiger partial charge < -0.3 is 4.90 Å². The molecule has 1 aliphatic heterocycles. The molecular formula is C47H34N6. The number of allylic oxidation sites excluding steroid dienone is 6. The van der Waals surface area contributed by atoms with E-state index in [1.54, 1.807) is 0 Å². The van der Waals surface area contributed by atoms with Gasteiger partial charge >= 0.3 is 0 Å². The van der Waals surface area contributed by atoms with Crippen molar-refractivity contribution in [2.75, 3.05) is 4.90 Å². The molecule has 3 atom stereocenters. The summed E-state index contributed by atoms with van der Waals surface area (Å²) < 4.78 is 0. The van der Waals surface area contributed by atoms with Gasteiger partial charge in [-0.1, -0.05) is 158 Å². The van der Waals surface area contributed by atoms with E-state index in [2.05, 4.69) is 126 Å². The molecule has 0 spiro atoms. The van der Waals surface area contributed by atoms with Gasteiger partial charge in [0.15, 0.2) is 11.6 Å². The first-order valence-electron chi connectivity index (χ1n) is 17.9. The number of nitriles is 1. The number of hydrogen-bond acceptors (Lipinski definition) is 6. The zero-order valence-corrected chi connectivity index (χ0v) is 28.9. The van der Waals surface area contributed by atoms with Gasteiger partial charge in [-0.2, -0.15) is 5.26 Å². The van der Waals surface area contributed by atoms with E-state index in [1.807, 2.05) is 60.7 Å². The Hall–Kier alpha value is -6.97. The van der Waals surface area contributed by atoms with Gasteiger partial charge in [-0.15, -0.1) is 0 Å². The molecule has 6 aromatic rings. The smallest absolute Gasteiger partial charge is 0.164 e. The summed E-state index contributed by atoms with van der Waals surface area (Å²) in [4.78, 5) is 23.1. The summed E-state index contributed by atoms with van der Waals surface area (Å²) in [6, 6.07) is 47.6. The molecule has 0 radical (unpaired) electrons. The van der Waals surface area contributed by atoms with Gasteiger partial charge in [0.2, 0.25) is 0 Å². The van der Waals surface area contributed by atoms with Gasteiger partial charge in [-0.3, -0.25) is 4.99 Å². The van der Waals surface area contributed by atoms with Crippen molar-refractivity contribution < 1.29 is 0 Å². The molecule has 9 rings (SSSR count). The van der Waals surface area contributed by atoms with Crippen LogP contribution < -0.4 is 4.90 Å². The highest BCUT2D eigenvalue weighted by Gasteiger charge is 2.37. The number of anilines is 1. The van der Waals surface area contributed by atoms with Crippen molar-refractivity contribution in [3.05, 3.63) is 199 Å². The third-order valence-corrected chi connectivity index (χ3v) is 10.0. The molecule has 0 fully saturated rings. The SMILES string of the molecule is N#Cc1ccc(C2=CC=CC(c3nc(-c4ccccc4)nc(-c4ccccc4-c4ccccc4N4C(c5ccccc5)=NC5C=CC=CC54)n3)C2)cc1. The van der Waals surface area contributed by atoms with E-state index < -0.39 is 0 Å². The second kappa shape index (κ2) is 14.0. The number of nitrogens with zero attached hydrogens (tertiary/aromatic N) is 6. The number of hydrogen-bond donors (Lipinski definition) is 0. The maximum Gasteiger partial charge on any atom is 0.164 e. The molecule has 0 amide bonds. The summed E-state index contributed by atoms with van der Waals surface area (Å²) in [5, 5.41) is 9.33. The Bertz CT molecular complexity index is 2510. The van der Waals surface area contributed by atoms with Crippen LogP contribution in [0.15, 0.2) is 181 Å². The van der Waals surface area contributed by atoms with Crippen molar-refractivity contribution in [3.63, 3.8) is 0 Å². The number of benzene rings is 5. The first-order chi connectivity index (χ1) is 26.2. The van der Waals surface area contributed by atoms with Crippen molar-refractivity contribution in [3.8, 4) is 40.0 Å². The number of aliphatic imine (C=N–C) groups is 1. The maximum absolute atomic E-state index is 9.33. The van der Waals surface area contributed by atoms with Crippen LogP contribution in [-0.4, -0.2) is 32.9 Å². The highest BCUT2D eigenvalue weighted by Crippen LogP contribution is 2.42. The molecule has 2 aliphatic carbocycles. The van der Waals surface area contributed by atoms with E-state index in [4.69, 9.17) is 19.9 Å². The quantitative estimate of drug-likeness (QED) is 0.168. The van der Waals surface area contributed by atoms with Crippen molar-refractivity contribution >= 4 is 17.1 Å². The van der Waals surface area contributed by atoms with Gasteiger partial charge in [0, 0.05) is 28.2 Å². The second-order valence-electron chi connectivity index (χ2n) is 13.3. The van der Waals surface area contributed by atoms with Crippen LogP contribution in [0.1, 0.15) is 34.9 Å². The number of fused-ring (bicyclic) bond motifs is 1. The number of para-hydroxylation sites is 1. The third kappa shape index (κ3) is 6.19. The summed E-state index contributed by atoms with van der Waals surface area (Å²) in [6.07, 6.45) is 15.8. The molecule has 0 saturated heterocycles. The fraction of sp³-hybridized carbons (Fsp3) is 0.0851. The lowest BCUT2D eigenvalue weighted by Gasteiger charge is -2.31. The lowest BCUT2D eigenvalue weighted by molar-refractivity contribution is 0.739. The molecule has 3 unspecified atom stereocenters. The molecule has 2 heterocycles. The minimum absolute atomic E-state index is 0.0183. The lowest BCUT2D eigenvalue weighted by atomic mass is 9.89.